The van der Waals surface area contributed by atoms with E-state index in [2.05, 4.69) is 5.32 Å². The number of nitrogens with one attached hydrogen (secondary N) is 1. The number of aldehydes is 1. The molecule has 1 aliphatic heterocycles. The lowest BCUT2D eigenvalue weighted by Gasteiger charge is -1.93. The van der Waals surface area contributed by atoms with Gasteiger partial charge >= 0.3 is 0 Å². The van der Waals surface area contributed by atoms with Gasteiger partial charge in [0.1, 0.15) is 12.5 Å². The van der Waals surface area contributed by atoms with Gasteiger partial charge in [-0.05, 0) is 0 Å². The first-order valence-corrected chi connectivity index (χ1v) is 2.65. The summed E-state index contributed by atoms with van der Waals surface area (Å²) in [5.41, 5.74) is 0. The Morgan fingerprint density at radius 3 is 2.56 bits per heavy atom. The molecule has 1 rings (SSSR count). The minimum absolute atomic E-state index is 0. The fraction of sp³-hybridized carbons (Fsp3) is 0.800. The zero-order valence-electron chi connectivity index (χ0n) is 4.84. The lowest BCUT2D eigenvalue weighted by molar-refractivity contribution is -0.109. The van der Waals surface area contributed by atoms with E-state index in [0.717, 1.165) is 6.29 Å². The SMILES string of the molecule is Cl.O=CC1CC(F)CN1. The summed E-state index contributed by atoms with van der Waals surface area (Å²) >= 11 is 0. The van der Waals surface area contributed by atoms with Crippen molar-refractivity contribution in [2.24, 2.45) is 0 Å². The van der Waals surface area contributed by atoms with Gasteiger partial charge in [-0.1, -0.05) is 0 Å². The van der Waals surface area contributed by atoms with Crippen molar-refractivity contribution in [1.29, 1.82) is 0 Å². The van der Waals surface area contributed by atoms with E-state index in [1.54, 1.807) is 0 Å². The summed E-state index contributed by atoms with van der Waals surface area (Å²) < 4.78 is 12.1. The normalized spacial score (nSPS) is 33.4. The Balaban J connectivity index is 0.000000640. The second-order valence-electron chi connectivity index (χ2n) is 1.98. The molecular formula is C5H9ClFNO. The first-order chi connectivity index (χ1) is 3.83. The fourth-order valence-electron chi connectivity index (χ4n) is 0.825. The smallest absolute Gasteiger partial charge is 0.137 e. The van der Waals surface area contributed by atoms with Crippen LogP contribution in [0.15, 0.2) is 0 Å². The zero-order chi connectivity index (χ0) is 5.98. The lowest BCUT2D eigenvalue weighted by atomic mass is 10.2. The Labute approximate surface area is 59.2 Å². The summed E-state index contributed by atoms with van der Waals surface area (Å²) in [5, 5.41) is 2.71. The van der Waals surface area contributed by atoms with E-state index < -0.39 is 6.17 Å². The Kier molecular flexibility index (Phi) is 3.73. The molecule has 2 unspecified atom stereocenters. The van der Waals surface area contributed by atoms with Crippen LogP contribution in [-0.4, -0.2) is 25.0 Å². The number of hydrogen-bond donors (Lipinski definition) is 1. The minimum atomic E-state index is -0.815. The number of hydrogen-bond acceptors (Lipinski definition) is 2. The molecule has 1 saturated heterocycles. The van der Waals surface area contributed by atoms with Gasteiger partial charge in [-0.2, -0.15) is 0 Å². The highest BCUT2D eigenvalue weighted by molar-refractivity contribution is 5.85. The highest BCUT2D eigenvalue weighted by Gasteiger charge is 2.21. The quantitative estimate of drug-likeness (QED) is 0.550. The summed E-state index contributed by atoms with van der Waals surface area (Å²) in [7, 11) is 0. The second kappa shape index (κ2) is 3.80. The Morgan fingerprint density at radius 2 is 2.33 bits per heavy atom. The average Bonchev–Trinajstić information content (AvgIpc) is 2.14. The maximum Gasteiger partial charge on any atom is 0.137 e. The molecule has 0 aliphatic carbocycles. The van der Waals surface area contributed by atoms with E-state index in [1.165, 1.54) is 0 Å². The first-order valence-electron chi connectivity index (χ1n) is 2.65. The topological polar surface area (TPSA) is 29.1 Å². The molecule has 54 valence electrons. The van der Waals surface area contributed by atoms with Gasteiger partial charge in [-0.15, -0.1) is 12.4 Å². The maximum absolute atomic E-state index is 12.1. The fourth-order valence-corrected chi connectivity index (χ4v) is 0.825. The molecular weight excluding hydrogens is 145 g/mol. The lowest BCUT2D eigenvalue weighted by Crippen LogP contribution is -2.22. The Hall–Kier alpha value is -0.150. The van der Waals surface area contributed by atoms with Crippen molar-refractivity contribution in [2.45, 2.75) is 18.6 Å². The first kappa shape index (κ1) is 8.85. The molecule has 1 fully saturated rings. The average molecular weight is 154 g/mol. The van der Waals surface area contributed by atoms with E-state index in [0.29, 0.717) is 13.0 Å². The predicted octanol–water partition coefficient (Wildman–Crippen LogP) is 0.307. The zero-order valence-corrected chi connectivity index (χ0v) is 5.66. The van der Waals surface area contributed by atoms with Gasteiger partial charge in [-0.3, -0.25) is 0 Å². The minimum Gasteiger partial charge on any atom is -0.305 e. The summed E-state index contributed by atoms with van der Waals surface area (Å²) in [4.78, 5) is 9.92. The van der Waals surface area contributed by atoms with Gasteiger partial charge in [0.25, 0.3) is 0 Å². The Morgan fingerprint density at radius 1 is 1.67 bits per heavy atom. The maximum atomic E-state index is 12.1. The molecule has 4 heteroatoms. The number of alkyl halides is 1. The summed E-state index contributed by atoms with van der Waals surface area (Å²) in [6, 6.07) is -0.231. The largest absolute Gasteiger partial charge is 0.305 e. The summed E-state index contributed by atoms with van der Waals surface area (Å²) in [6.45, 7) is 0.337. The van der Waals surface area contributed by atoms with Crippen molar-refractivity contribution in [3.8, 4) is 0 Å². The van der Waals surface area contributed by atoms with Gasteiger partial charge in [0.15, 0.2) is 0 Å². The molecule has 0 aromatic rings. The van der Waals surface area contributed by atoms with Gasteiger partial charge in [-0.25, -0.2) is 4.39 Å². The molecule has 0 aromatic carbocycles. The van der Waals surface area contributed by atoms with Crippen LogP contribution in [0.2, 0.25) is 0 Å². The standard InChI is InChI=1S/C5H8FNO.ClH/c6-4-1-5(3-8)7-2-4;/h3-5,7H,1-2H2;1H. The molecule has 2 atom stereocenters. The van der Waals surface area contributed by atoms with Crippen LogP contribution in [0.5, 0.6) is 0 Å². The number of carbonyl (C=O) groups is 1. The molecule has 0 spiro atoms. The van der Waals surface area contributed by atoms with Crippen LogP contribution in [0.25, 0.3) is 0 Å². The van der Waals surface area contributed by atoms with Crippen LogP contribution in [-0.2, 0) is 4.79 Å². The predicted molar refractivity (Wildman–Crippen MR) is 34.6 cm³/mol. The molecule has 1 aliphatic rings. The van der Waals surface area contributed by atoms with E-state index in [9.17, 15) is 9.18 Å². The van der Waals surface area contributed by atoms with Gasteiger partial charge < -0.3 is 10.1 Å². The highest BCUT2D eigenvalue weighted by atomic mass is 35.5. The summed E-state index contributed by atoms with van der Waals surface area (Å²) in [5.74, 6) is 0. The van der Waals surface area contributed by atoms with Crippen molar-refractivity contribution >= 4 is 18.7 Å². The van der Waals surface area contributed by atoms with Crippen LogP contribution >= 0.6 is 12.4 Å². The molecule has 9 heavy (non-hydrogen) atoms. The highest BCUT2D eigenvalue weighted by Crippen LogP contribution is 2.06. The number of halogens is 2. The number of carbonyl (C=O) groups excluding carboxylic acids is 1. The van der Waals surface area contributed by atoms with Crippen molar-refractivity contribution < 1.29 is 9.18 Å². The third-order valence-electron chi connectivity index (χ3n) is 1.28. The van der Waals surface area contributed by atoms with E-state index in [1.807, 2.05) is 0 Å². The number of rotatable bonds is 1. The molecule has 1 heterocycles. The van der Waals surface area contributed by atoms with E-state index >= 15 is 0 Å². The summed E-state index contributed by atoms with van der Waals surface area (Å²) in [6.07, 6.45) is 0.286. The van der Waals surface area contributed by atoms with Crippen molar-refractivity contribution in [3.63, 3.8) is 0 Å². The molecule has 0 amide bonds. The van der Waals surface area contributed by atoms with Crippen LogP contribution in [0.3, 0.4) is 0 Å². The van der Waals surface area contributed by atoms with Crippen molar-refractivity contribution in [3.05, 3.63) is 0 Å². The molecule has 0 aromatic heterocycles. The molecule has 2 nitrogen and oxygen atoms in total. The molecule has 1 N–H and O–H groups in total. The third kappa shape index (κ3) is 2.28. The second-order valence-corrected chi connectivity index (χ2v) is 1.98. The van der Waals surface area contributed by atoms with Gasteiger partial charge in [0.2, 0.25) is 0 Å². The van der Waals surface area contributed by atoms with Crippen molar-refractivity contribution in [1.82, 2.24) is 5.32 Å². The van der Waals surface area contributed by atoms with Crippen LogP contribution in [0.4, 0.5) is 4.39 Å². The molecule has 0 radical (unpaired) electrons. The van der Waals surface area contributed by atoms with Crippen LogP contribution in [0, 0.1) is 0 Å². The van der Waals surface area contributed by atoms with E-state index in [4.69, 9.17) is 0 Å². The monoisotopic (exact) mass is 153 g/mol. The van der Waals surface area contributed by atoms with Crippen LogP contribution in [0.1, 0.15) is 6.42 Å². The Bertz CT molecular complexity index is 101. The van der Waals surface area contributed by atoms with Crippen molar-refractivity contribution in [2.75, 3.05) is 6.54 Å². The molecule has 0 saturated carbocycles. The van der Waals surface area contributed by atoms with Crippen LogP contribution < -0.4 is 5.32 Å². The van der Waals surface area contributed by atoms with Gasteiger partial charge in [0.05, 0.1) is 6.04 Å². The van der Waals surface area contributed by atoms with E-state index in [-0.39, 0.29) is 18.4 Å². The molecule has 0 bridgehead atoms. The third-order valence-corrected chi connectivity index (χ3v) is 1.28. The van der Waals surface area contributed by atoms with Gasteiger partial charge in [0, 0.05) is 13.0 Å².